The summed E-state index contributed by atoms with van der Waals surface area (Å²) >= 11 is 2.02. The number of rotatable bonds is 1. The molecule has 0 N–H and O–H groups in total. The third kappa shape index (κ3) is 1.44. The first-order chi connectivity index (χ1) is 7.36. The normalized spacial score (nSPS) is 21.3. The van der Waals surface area contributed by atoms with Crippen molar-refractivity contribution in [3.63, 3.8) is 0 Å². The van der Waals surface area contributed by atoms with Crippen LogP contribution in [0.3, 0.4) is 0 Å². The van der Waals surface area contributed by atoms with Gasteiger partial charge in [-0.1, -0.05) is 0 Å². The maximum atomic E-state index is 4.68. The predicted octanol–water partition coefficient (Wildman–Crippen LogP) is 2.19. The fraction of sp³-hybridized carbons (Fsp3) is 0.455. The van der Waals surface area contributed by atoms with Crippen LogP contribution in [0.2, 0.25) is 0 Å². The Kier molecular flexibility index (Phi) is 2.16. The van der Waals surface area contributed by atoms with Crippen molar-refractivity contribution in [2.24, 2.45) is 7.05 Å². The first-order valence-electron chi connectivity index (χ1n) is 5.21. The van der Waals surface area contributed by atoms with E-state index in [1.807, 2.05) is 30.1 Å². The Morgan fingerprint density at radius 2 is 2.47 bits per heavy atom. The molecule has 0 bridgehead atoms. The van der Waals surface area contributed by atoms with Crippen LogP contribution in [0.15, 0.2) is 18.3 Å². The quantitative estimate of drug-likeness (QED) is 0.736. The summed E-state index contributed by atoms with van der Waals surface area (Å²) in [6.45, 7) is 0. The summed E-state index contributed by atoms with van der Waals surface area (Å²) in [6, 6.07) is 3.98. The molecule has 15 heavy (non-hydrogen) atoms. The number of imidazole rings is 1. The van der Waals surface area contributed by atoms with Gasteiger partial charge in [0.25, 0.3) is 0 Å². The lowest BCUT2D eigenvalue weighted by atomic mass is 10.1. The maximum Gasteiger partial charge on any atom is 0.159 e. The minimum Gasteiger partial charge on any atom is -0.316 e. The highest BCUT2D eigenvalue weighted by Crippen LogP contribution is 2.32. The number of aryl methyl sites for hydroxylation is 1. The number of thioether (sulfide) groups is 1. The van der Waals surface area contributed by atoms with Gasteiger partial charge in [0.15, 0.2) is 5.65 Å². The highest BCUT2D eigenvalue weighted by Gasteiger charge is 2.22. The number of nitrogens with zero attached hydrogens (tertiary/aromatic N) is 3. The summed E-state index contributed by atoms with van der Waals surface area (Å²) in [7, 11) is 2.07. The minimum absolute atomic E-state index is 0.620. The lowest BCUT2D eigenvalue weighted by Crippen LogP contribution is -2.05. The molecule has 0 amide bonds. The number of hydrogen-bond acceptors (Lipinski definition) is 3. The fourth-order valence-corrected chi connectivity index (χ4v) is 3.36. The monoisotopic (exact) mass is 219 g/mol. The third-order valence-electron chi connectivity index (χ3n) is 2.96. The van der Waals surface area contributed by atoms with E-state index in [4.69, 9.17) is 0 Å². The Balaban J connectivity index is 2.14. The Hall–Kier alpha value is -1.03. The predicted molar refractivity (Wildman–Crippen MR) is 63.2 cm³/mol. The molecule has 1 unspecified atom stereocenters. The van der Waals surface area contributed by atoms with Gasteiger partial charge in [0.1, 0.15) is 11.3 Å². The lowest BCUT2D eigenvalue weighted by molar-refractivity contribution is 0.678. The van der Waals surface area contributed by atoms with E-state index in [0.717, 1.165) is 11.2 Å². The van der Waals surface area contributed by atoms with Crippen LogP contribution in [0.4, 0.5) is 0 Å². The van der Waals surface area contributed by atoms with Crippen molar-refractivity contribution in [1.29, 1.82) is 0 Å². The molecule has 0 spiro atoms. The molecule has 1 aliphatic rings. The Morgan fingerprint density at radius 3 is 3.20 bits per heavy atom. The first kappa shape index (κ1) is 9.21. The van der Waals surface area contributed by atoms with E-state index in [0.29, 0.717) is 5.92 Å². The summed E-state index contributed by atoms with van der Waals surface area (Å²) in [5.74, 6) is 4.29. The fourth-order valence-electron chi connectivity index (χ4n) is 2.14. The SMILES string of the molecule is Cn1c(C2CCSC2)nc2cccnc21. The molecule has 3 heterocycles. The molecule has 1 saturated heterocycles. The molecule has 2 aromatic heterocycles. The summed E-state index contributed by atoms with van der Waals surface area (Å²) in [4.78, 5) is 9.05. The second-order valence-electron chi connectivity index (χ2n) is 3.94. The van der Waals surface area contributed by atoms with Gasteiger partial charge in [-0.15, -0.1) is 0 Å². The van der Waals surface area contributed by atoms with Gasteiger partial charge in [-0.2, -0.15) is 11.8 Å². The van der Waals surface area contributed by atoms with Gasteiger partial charge in [0.05, 0.1) is 0 Å². The van der Waals surface area contributed by atoms with Crippen molar-refractivity contribution in [3.8, 4) is 0 Å². The highest BCUT2D eigenvalue weighted by atomic mass is 32.2. The van der Waals surface area contributed by atoms with Gasteiger partial charge in [-0.25, -0.2) is 9.97 Å². The number of pyridine rings is 1. The Morgan fingerprint density at radius 1 is 1.53 bits per heavy atom. The molecular formula is C11H13N3S. The van der Waals surface area contributed by atoms with Crippen molar-refractivity contribution >= 4 is 22.9 Å². The molecule has 0 saturated carbocycles. The van der Waals surface area contributed by atoms with Gasteiger partial charge < -0.3 is 4.57 Å². The highest BCUT2D eigenvalue weighted by molar-refractivity contribution is 7.99. The molecule has 1 atom stereocenters. The van der Waals surface area contributed by atoms with Crippen LogP contribution >= 0.6 is 11.8 Å². The van der Waals surface area contributed by atoms with E-state index in [2.05, 4.69) is 21.6 Å². The largest absolute Gasteiger partial charge is 0.316 e. The lowest BCUT2D eigenvalue weighted by Gasteiger charge is -2.07. The van der Waals surface area contributed by atoms with Crippen molar-refractivity contribution in [2.45, 2.75) is 12.3 Å². The smallest absolute Gasteiger partial charge is 0.159 e. The van der Waals surface area contributed by atoms with E-state index in [9.17, 15) is 0 Å². The first-order valence-corrected chi connectivity index (χ1v) is 6.37. The number of hydrogen-bond donors (Lipinski definition) is 0. The van der Waals surface area contributed by atoms with Gasteiger partial charge in [-0.05, 0) is 24.3 Å². The van der Waals surface area contributed by atoms with E-state index in [-0.39, 0.29) is 0 Å². The van der Waals surface area contributed by atoms with Crippen LogP contribution in [0.5, 0.6) is 0 Å². The minimum atomic E-state index is 0.620. The van der Waals surface area contributed by atoms with Crippen molar-refractivity contribution in [1.82, 2.24) is 14.5 Å². The topological polar surface area (TPSA) is 30.7 Å². The molecule has 1 fully saturated rings. The molecule has 2 aromatic rings. The average molecular weight is 219 g/mol. The number of fused-ring (bicyclic) bond motifs is 1. The van der Waals surface area contributed by atoms with Crippen molar-refractivity contribution in [3.05, 3.63) is 24.2 Å². The summed E-state index contributed by atoms with van der Waals surface area (Å²) in [6.07, 6.45) is 3.08. The van der Waals surface area contributed by atoms with Crippen LogP contribution in [0, 0.1) is 0 Å². The van der Waals surface area contributed by atoms with Gasteiger partial charge >= 0.3 is 0 Å². The van der Waals surface area contributed by atoms with Crippen molar-refractivity contribution in [2.75, 3.05) is 11.5 Å². The average Bonchev–Trinajstić information content (AvgIpc) is 2.87. The molecule has 0 aromatic carbocycles. The van der Waals surface area contributed by atoms with Crippen LogP contribution in [0.25, 0.3) is 11.2 Å². The van der Waals surface area contributed by atoms with Crippen LogP contribution in [-0.4, -0.2) is 26.0 Å². The van der Waals surface area contributed by atoms with Crippen LogP contribution < -0.4 is 0 Å². The van der Waals surface area contributed by atoms with Gasteiger partial charge in [0, 0.05) is 24.9 Å². The van der Waals surface area contributed by atoms with E-state index in [1.165, 1.54) is 23.8 Å². The summed E-state index contributed by atoms with van der Waals surface area (Å²) < 4.78 is 2.14. The van der Waals surface area contributed by atoms with E-state index < -0.39 is 0 Å². The Bertz CT molecular complexity index is 486. The molecule has 0 radical (unpaired) electrons. The zero-order valence-corrected chi connectivity index (χ0v) is 9.50. The van der Waals surface area contributed by atoms with Gasteiger partial charge in [0.2, 0.25) is 0 Å². The molecule has 3 rings (SSSR count). The molecule has 0 aliphatic carbocycles. The standard InChI is InChI=1S/C11H13N3S/c1-14-10(8-4-6-15-7-8)13-9-3-2-5-12-11(9)14/h2-3,5,8H,4,6-7H2,1H3. The molecule has 3 nitrogen and oxygen atoms in total. The summed E-state index contributed by atoms with van der Waals surface area (Å²) in [5.41, 5.74) is 2.02. The Labute approximate surface area is 92.9 Å². The second-order valence-corrected chi connectivity index (χ2v) is 5.09. The van der Waals surface area contributed by atoms with E-state index >= 15 is 0 Å². The zero-order valence-electron chi connectivity index (χ0n) is 8.68. The van der Waals surface area contributed by atoms with Gasteiger partial charge in [-0.3, -0.25) is 0 Å². The van der Waals surface area contributed by atoms with Crippen LogP contribution in [-0.2, 0) is 7.05 Å². The molecule has 1 aliphatic heterocycles. The summed E-state index contributed by atoms with van der Waals surface area (Å²) in [5, 5.41) is 0. The third-order valence-corrected chi connectivity index (χ3v) is 4.12. The maximum absolute atomic E-state index is 4.68. The molecule has 78 valence electrons. The number of aromatic nitrogens is 3. The molecule has 4 heteroatoms. The van der Waals surface area contributed by atoms with E-state index in [1.54, 1.807) is 0 Å². The second kappa shape index (κ2) is 3.52. The van der Waals surface area contributed by atoms with Crippen LogP contribution in [0.1, 0.15) is 18.2 Å². The van der Waals surface area contributed by atoms with Crippen molar-refractivity contribution < 1.29 is 0 Å². The molecular weight excluding hydrogens is 206 g/mol. The zero-order chi connectivity index (χ0) is 10.3.